The molecule has 0 bridgehead atoms. The number of thioether (sulfide) groups is 1. The summed E-state index contributed by atoms with van der Waals surface area (Å²) >= 11 is 3.05. The van der Waals surface area contributed by atoms with Gasteiger partial charge in [-0.3, -0.25) is 0 Å². The summed E-state index contributed by atoms with van der Waals surface area (Å²) in [6, 6.07) is 9.93. The van der Waals surface area contributed by atoms with Crippen LogP contribution in [0.5, 0.6) is 0 Å². The third-order valence-electron chi connectivity index (χ3n) is 2.72. The Balaban J connectivity index is 2.37. The van der Waals surface area contributed by atoms with E-state index in [0.717, 1.165) is 15.3 Å². The van der Waals surface area contributed by atoms with Gasteiger partial charge in [-0.2, -0.15) is 0 Å². The molecule has 0 spiro atoms. The third-order valence-corrected chi connectivity index (χ3v) is 4.68. The smallest absolute Gasteiger partial charge is 0.350 e. The second-order valence-electron chi connectivity index (χ2n) is 5.60. The Bertz CT molecular complexity index is 657. The Morgan fingerprint density at radius 1 is 1.29 bits per heavy atom. The van der Waals surface area contributed by atoms with Crippen molar-refractivity contribution in [3.05, 3.63) is 35.2 Å². The summed E-state index contributed by atoms with van der Waals surface area (Å²) in [6.07, 6.45) is 2.03. The van der Waals surface area contributed by atoms with Crippen molar-refractivity contribution in [1.82, 2.24) is 0 Å². The van der Waals surface area contributed by atoms with E-state index in [-0.39, 0.29) is 5.97 Å². The number of nitrogens with two attached hydrogens (primary N) is 1. The quantitative estimate of drug-likeness (QED) is 0.659. The first-order valence-corrected chi connectivity index (χ1v) is 8.62. The van der Waals surface area contributed by atoms with E-state index in [4.69, 9.17) is 10.5 Å². The molecule has 1 aromatic heterocycles. The minimum absolute atomic E-state index is 0.363. The van der Waals surface area contributed by atoms with Crippen LogP contribution >= 0.6 is 23.1 Å². The molecular weight excluding hydrogens is 302 g/mol. The minimum atomic E-state index is -0.523. The highest BCUT2D eigenvalue weighted by molar-refractivity contribution is 7.98. The van der Waals surface area contributed by atoms with Crippen molar-refractivity contribution in [1.29, 1.82) is 0 Å². The van der Waals surface area contributed by atoms with Crippen LogP contribution in [-0.4, -0.2) is 17.8 Å². The monoisotopic (exact) mass is 321 g/mol. The van der Waals surface area contributed by atoms with Crippen molar-refractivity contribution < 1.29 is 9.53 Å². The second-order valence-corrected chi connectivity index (χ2v) is 7.50. The normalized spacial score (nSPS) is 11.4. The topological polar surface area (TPSA) is 52.3 Å². The summed E-state index contributed by atoms with van der Waals surface area (Å²) in [6.45, 7) is 5.54. The van der Waals surface area contributed by atoms with E-state index in [1.54, 1.807) is 11.8 Å². The average Bonchev–Trinajstić information content (AvgIpc) is 2.79. The van der Waals surface area contributed by atoms with Crippen LogP contribution in [0.25, 0.3) is 10.4 Å². The first kappa shape index (κ1) is 15.9. The SMILES string of the molecule is CSc1ccccc1-c1cc(N)c(C(=O)OC(C)(C)C)s1. The molecule has 0 atom stereocenters. The lowest BCUT2D eigenvalue weighted by atomic mass is 10.2. The van der Waals surface area contributed by atoms with Gasteiger partial charge in [0.25, 0.3) is 0 Å². The number of rotatable bonds is 3. The fourth-order valence-electron chi connectivity index (χ4n) is 1.87. The summed E-state index contributed by atoms with van der Waals surface area (Å²) < 4.78 is 5.40. The summed E-state index contributed by atoms with van der Waals surface area (Å²) in [7, 11) is 0. The molecule has 0 aliphatic carbocycles. The van der Waals surface area contributed by atoms with Crippen LogP contribution in [0.2, 0.25) is 0 Å². The van der Waals surface area contributed by atoms with E-state index in [2.05, 4.69) is 6.07 Å². The number of nitrogen functional groups attached to an aromatic ring is 1. The molecule has 2 rings (SSSR count). The van der Waals surface area contributed by atoms with Crippen molar-refractivity contribution in [2.45, 2.75) is 31.3 Å². The maximum atomic E-state index is 12.2. The molecule has 0 fully saturated rings. The number of ether oxygens (including phenoxy) is 1. The maximum absolute atomic E-state index is 12.2. The summed E-state index contributed by atoms with van der Waals surface area (Å²) in [5.41, 5.74) is 7.04. The van der Waals surface area contributed by atoms with Crippen LogP contribution < -0.4 is 5.73 Å². The molecule has 0 aliphatic heterocycles. The zero-order chi connectivity index (χ0) is 15.6. The predicted octanol–water partition coefficient (Wildman–Crippen LogP) is 4.67. The lowest BCUT2D eigenvalue weighted by molar-refractivity contribution is 0.00764. The first-order valence-electron chi connectivity index (χ1n) is 6.58. The van der Waals surface area contributed by atoms with Gasteiger partial charge in [-0.05, 0) is 39.2 Å². The highest BCUT2D eigenvalue weighted by Gasteiger charge is 2.22. The Labute approximate surface area is 133 Å². The Hall–Kier alpha value is -1.46. The Kier molecular flexibility index (Phi) is 4.64. The van der Waals surface area contributed by atoms with Gasteiger partial charge in [0.15, 0.2) is 0 Å². The van der Waals surface area contributed by atoms with E-state index in [9.17, 15) is 4.79 Å². The molecule has 112 valence electrons. The highest BCUT2D eigenvalue weighted by Crippen LogP contribution is 2.38. The van der Waals surface area contributed by atoms with Gasteiger partial charge < -0.3 is 10.5 Å². The van der Waals surface area contributed by atoms with Gasteiger partial charge in [-0.1, -0.05) is 18.2 Å². The number of hydrogen-bond donors (Lipinski definition) is 1. The molecular formula is C16H19NO2S2. The molecule has 1 aromatic carbocycles. The van der Waals surface area contributed by atoms with Crippen LogP contribution in [0, 0.1) is 0 Å². The molecule has 0 unspecified atom stereocenters. The lowest BCUT2D eigenvalue weighted by Crippen LogP contribution is -2.23. The number of hydrogen-bond acceptors (Lipinski definition) is 5. The molecule has 0 amide bonds. The van der Waals surface area contributed by atoms with E-state index in [0.29, 0.717) is 10.6 Å². The van der Waals surface area contributed by atoms with Gasteiger partial charge in [0.1, 0.15) is 10.5 Å². The molecule has 3 nitrogen and oxygen atoms in total. The summed E-state index contributed by atoms with van der Waals surface area (Å²) in [5, 5.41) is 0. The van der Waals surface area contributed by atoms with E-state index in [1.807, 2.05) is 51.3 Å². The third kappa shape index (κ3) is 3.80. The molecule has 1 heterocycles. The molecule has 2 aromatic rings. The number of anilines is 1. The highest BCUT2D eigenvalue weighted by atomic mass is 32.2. The van der Waals surface area contributed by atoms with E-state index >= 15 is 0 Å². The lowest BCUT2D eigenvalue weighted by Gasteiger charge is -2.18. The van der Waals surface area contributed by atoms with Crippen LogP contribution in [0.15, 0.2) is 35.2 Å². The molecule has 0 aliphatic rings. The Morgan fingerprint density at radius 3 is 2.57 bits per heavy atom. The standard InChI is InChI=1S/C16H19NO2S2/c1-16(2,3)19-15(18)14-11(17)9-13(21-14)10-7-5-6-8-12(10)20-4/h5-9H,17H2,1-4H3. The first-order chi connectivity index (χ1) is 9.81. The fourth-order valence-corrected chi connectivity index (χ4v) is 3.54. The predicted molar refractivity (Wildman–Crippen MR) is 91.1 cm³/mol. The van der Waals surface area contributed by atoms with Crippen LogP contribution in [0.1, 0.15) is 30.4 Å². The summed E-state index contributed by atoms with van der Waals surface area (Å²) in [4.78, 5) is 14.8. The van der Waals surface area contributed by atoms with Crippen LogP contribution in [-0.2, 0) is 4.74 Å². The molecule has 21 heavy (non-hydrogen) atoms. The second kappa shape index (κ2) is 6.12. The maximum Gasteiger partial charge on any atom is 0.350 e. The number of esters is 1. The van der Waals surface area contributed by atoms with Gasteiger partial charge in [0.05, 0.1) is 5.69 Å². The molecule has 2 N–H and O–H groups in total. The van der Waals surface area contributed by atoms with Gasteiger partial charge in [0, 0.05) is 15.3 Å². The van der Waals surface area contributed by atoms with Crippen molar-refractivity contribution in [3.8, 4) is 10.4 Å². The molecule has 0 radical (unpaired) electrons. The van der Waals surface area contributed by atoms with Gasteiger partial charge in [-0.25, -0.2) is 4.79 Å². The molecule has 0 saturated heterocycles. The van der Waals surface area contributed by atoms with Gasteiger partial charge in [0.2, 0.25) is 0 Å². The minimum Gasteiger partial charge on any atom is -0.456 e. The number of carbonyl (C=O) groups is 1. The van der Waals surface area contributed by atoms with Crippen molar-refractivity contribution in [3.63, 3.8) is 0 Å². The van der Waals surface area contributed by atoms with Crippen LogP contribution in [0.4, 0.5) is 5.69 Å². The Morgan fingerprint density at radius 2 is 1.95 bits per heavy atom. The zero-order valence-corrected chi connectivity index (χ0v) is 14.2. The van der Waals surface area contributed by atoms with E-state index < -0.39 is 5.60 Å². The van der Waals surface area contributed by atoms with Crippen molar-refractivity contribution in [2.24, 2.45) is 0 Å². The number of benzene rings is 1. The number of thiophene rings is 1. The van der Waals surface area contributed by atoms with Crippen LogP contribution in [0.3, 0.4) is 0 Å². The van der Waals surface area contributed by atoms with Gasteiger partial charge in [-0.15, -0.1) is 23.1 Å². The number of carbonyl (C=O) groups excluding carboxylic acids is 1. The average molecular weight is 321 g/mol. The zero-order valence-electron chi connectivity index (χ0n) is 12.6. The summed E-state index contributed by atoms with van der Waals surface area (Å²) in [5.74, 6) is -0.363. The largest absolute Gasteiger partial charge is 0.456 e. The van der Waals surface area contributed by atoms with E-state index in [1.165, 1.54) is 11.3 Å². The molecule has 5 heteroatoms. The van der Waals surface area contributed by atoms with Crippen molar-refractivity contribution >= 4 is 34.8 Å². The molecule has 0 saturated carbocycles. The fraction of sp³-hybridized carbons (Fsp3) is 0.312. The van der Waals surface area contributed by atoms with Crippen molar-refractivity contribution in [2.75, 3.05) is 12.0 Å². The van der Waals surface area contributed by atoms with Gasteiger partial charge >= 0.3 is 5.97 Å².